The number of ether oxygens (including phenoxy) is 1. The smallest absolute Gasteiger partial charge is 0.342 e. The summed E-state index contributed by atoms with van der Waals surface area (Å²) in [7, 11) is -3.83. The Morgan fingerprint density at radius 1 is 1.41 bits per heavy atom. The van der Waals surface area contributed by atoms with Crippen molar-refractivity contribution < 1.29 is 17.9 Å². The molecule has 2 atom stereocenters. The molecule has 9 heteroatoms. The first kappa shape index (κ1) is 15.4. The van der Waals surface area contributed by atoms with Crippen LogP contribution in [0.5, 0.6) is 0 Å². The minimum absolute atomic E-state index is 0.0637. The summed E-state index contributed by atoms with van der Waals surface area (Å²) in [6.07, 6.45) is 4.87. The first-order valence-electron chi connectivity index (χ1n) is 7.48. The molecule has 0 aliphatic carbocycles. The van der Waals surface area contributed by atoms with Crippen LogP contribution in [0.25, 0.3) is 0 Å². The lowest BCUT2D eigenvalue weighted by molar-refractivity contribution is 0.0521. The number of hydrogen-bond acceptors (Lipinski definition) is 6. The molecule has 2 unspecified atom stereocenters. The van der Waals surface area contributed by atoms with Crippen molar-refractivity contribution in [1.29, 1.82) is 0 Å². The number of piperidine rings is 1. The van der Waals surface area contributed by atoms with Gasteiger partial charge in [0.05, 0.1) is 12.8 Å². The van der Waals surface area contributed by atoms with E-state index < -0.39 is 16.0 Å². The summed E-state index contributed by atoms with van der Waals surface area (Å²) >= 11 is 0. The van der Waals surface area contributed by atoms with E-state index in [2.05, 4.69) is 20.2 Å². The summed E-state index contributed by atoms with van der Waals surface area (Å²) in [5.41, 5.74) is -0.0637. The van der Waals surface area contributed by atoms with Crippen LogP contribution in [0.1, 0.15) is 43.0 Å². The number of H-pyrrole nitrogens is 1. The molecule has 0 aromatic carbocycles. The highest BCUT2D eigenvalue weighted by molar-refractivity contribution is 7.89. The normalized spacial score (nSPS) is 27.8. The molecule has 8 nitrogen and oxygen atoms in total. The van der Waals surface area contributed by atoms with Gasteiger partial charge < -0.3 is 10.1 Å². The van der Waals surface area contributed by atoms with E-state index in [1.807, 2.05) is 0 Å². The highest BCUT2D eigenvalue weighted by Gasteiger charge is 2.36. The predicted octanol–water partition coefficient (Wildman–Crippen LogP) is 0.148. The summed E-state index contributed by atoms with van der Waals surface area (Å²) in [5, 5.41) is 9.30. The van der Waals surface area contributed by atoms with Crippen LogP contribution >= 0.6 is 0 Å². The summed E-state index contributed by atoms with van der Waals surface area (Å²) in [5.74, 6) is -0.693. The van der Waals surface area contributed by atoms with Gasteiger partial charge >= 0.3 is 5.97 Å². The van der Waals surface area contributed by atoms with E-state index >= 15 is 0 Å². The molecule has 0 radical (unpaired) electrons. The van der Waals surface area contributed by atoms with Crippen LogP contribution in [-0.2, 0) is 14.8 Å². The molecule has 0 saturated carbocycles. The molecular weight excluding hydrogens is 308 g/mol. The number of aromatic nitrogens is 2. The van der Waals surface area contributed by atoms with E-state index in [0.29, 0.717) is 12.1 Å². The van der Waals surface area contributed by atoms with Gasteiger partial charge in [-0.2, -0.15) is 5.10 Å². The van der Waals surface area contributed by atoms with Gasteiger partial charge in [-0.3, -0.25) is 5.10 Å². The SMILES string of the molecule is CCOC(=O)c1cn[nH]c1S(=O)(=O)NC1CC2CCC(C1)N2. The number of rotatable bonds is 5. The molecule has 1 aromatic rings. The Morgan fingerprint density at radius 3 is 2.73 bits per heavy atom. The molecule has 1 aromatic heterocycles. The lowest BCUT2D eigenvalue weighted by Crippen LogP contribution is -2.48. The molecule has 2 fully saturated rings. The van der Waals surface area contributed by atoms with Crippen molar-refractivity contribution in [2.45, 2.75) is 55.8 Å². The number of nitrogens with zero attached hydrogens (tertiary/aromatic N) is 1. The van der Waals surface area contributed by atoms with Crippen molar-refractivity contribution in [3.63, 3.8) is 0 Å². The molecule has 2 aliphatic heterocycles. The number of esters is 1. The Balaban J connectivity index is 1.76. The molecule has 2 saturated heterocycles. The summed E-state index contributed by atoms with van der Waals surface area (Å²) in [6, 6.07) is 0.623. The molecule has 122 valence electrons. The number of hydrogen-bond donors (Lipinski definition) is 3. The van der Waals surface area contributed by atoms with Gasteiger partial charge in [-0.15, -0.1) is 0 Å². The van der Waals surface area contributed by atoms with Crippen LogP contribution < -0.4 is 10.0 Å². The second-order valence-electron chi connectivity index (χ2n) is 5.76. The number of nitrogens with one attached hydrogen (secondary N) is 3. The van der Waals surface area contributed by atoms with Gasteiger partial charge in [0.1, 0.15) is 5.56 Å². The minimum Gasteiger partial charge on any atom is -0.462 e. The first-order valence-corrected chi connectivity index (χ1v) is 8.96. The van der Waals surface area contributed by atoms with Crippen molar-refractivity contribution in [3.8, 4) is 0 Å². The zero-order valence-corrected chi connectivity index (χ0v) is 13.1. The van der Waals surface area contributed by atoms with Crippen LogP contribution in [-0.4, -0.2) is 49.3 Å². The number of carbonyl (C=O) groups excluding carboxylic acids is 1. The molecule has 2 bridgehead atoms. The molecular formula is C13H20N4O4S. The average Bonchev–Trinajstić information content (AvgIpc) is 3.06. The monoisotopic (exact) mass is 328 g/mol. The zero-order valence-electron chi connectivity index (χ0n) is 12.3. The summed E-state index contributed by atoms with van der Waals surface area (Å²) in [4.78, 5) is 11.8. The van der Waals surface area contributed by atoms with Crippen LogP contribution in [0, 0.1) is 0 Å². The van der Waals surface area contributed by atoms with Crippen molar-refractivity contribution in [2.75, 3.05) is 6.61 Å². The van der Waals surface area contributed by atoms with Gasteiger partial charge in [0.25, 0.3) is 10.0 Å². The third-order valence-electron chi connectivity index (χ3n) is 4.16. The van der Waals surface area contributed by atoms with Gasteiger partial charge in [0, 0.05) is 18.1 Å². The van der Waals surface area contributed by atoms with Crippen LogP contribution in [0.15, 0.2) is 11.2 Å². The van der Waals surface area contributed by atoms with Crippen LogP contribution in [0.4, 0.5) is 0 Å². The third kappa shape index (κ3) is 3.01. The average molecular weight is 328 g/mol. The largest absolute Gasteiger partial charge is 0.462 e. The molecule has 3 N–H and O–H groups in total. The van der Waals surface area contributed by atoms with Crippen molar-refractivity contribution in [3.05, 3.63) is 11.8 Å². The van der Waals surface area contributed by atoms with E-state index in [0.717, 1.165) is 25.7 Å². The highest BCUT2D eigenvalue weighted by Crippen LogP contribution is 2.27. The molecule has 22 heavy (non-hydrogen) atoms. The van der Waals surface area contributed by atoms with Gasteiger partial charge in [-0.25, -0.2) is 17.9 Å². The van der Waals surface area contributed by atoms with Gasteiger partial charge in [-0.1, -0.05) is 0 Å². The van der Waals surface area contributed by atoms with Gasteiger partial charge in [-0.05, 0) is 32.6 Å². The highest BCUT2D eigenvalue weighted by atomic mass is 32.2. The predicted molar refractivity (Wildman–Crippen MR) is 77.8 cm³/mol. The molecule has 3 rings (SSSR count). The third-order valence-corrected chi connectivity index (χ3v) is 5.66. The Labute approximate surface area is 129 Å². The molecule has 2 aliphatic rings. The van der Waals surface area contributed by atoms with Crippen LogP contribution in [0.2, 0.25) is 0 Å². The molecule has 0 spiro atoms. The maximum absolute atomic E-state index is 12.5. The molecule has 0 amide bonds. The fraction of sp³-hybridized carbons (Fsp3) is 0.692. The molecule has 3 heterocycles. The number of sulfonamides is 1. The Morgan fingerprint density at radius 2 is 2.09 bits per heavy atom. The topological polar surface area (TPSA) is 113 Å². The maximum Gasteiger partial charge on any atom is 0.342 e. The maximum atomic E-state index is 12.5. The van der Waals surface area contributed by atoms with Crippen molar-refractivity contribution in [1.82, 2.24) is 20.2 Å². The second-order valence-corrected chi connectivity index (χ2v) is 7.41. The van der Waals surface area contributed by atoms with E-state index in [-0.39, 0.29) is 23.2 Å². The minimum atomic E-state index is -3.83. The Bertz CT molecular complexity index is 645. The fourth-order valence-electron chi connectivity index (χ4n) is 3.27. The van der Waals surface area contributed by atoms with Gasteiger partial charge in [0.15, 0.2) is 5.03 Å². The Hall–Kier alpha value is -1.45. The van der Waals surface area contributed by atoms with Gasteiger partial charge in [0.2, 0.25) is 0 Å². The second kappa shape index (κ2) is 5.98. The first-order chi connectivity index (χ1) is 10.5. The lowest BCUT2D eigenvalue weighted by atomic mass is 10.0. The van der Waals surface area contributed by atoms with E-state index in [9.17, 15) is 13.2 Å². The number of fused-ring (bicyclic) bond motifs is 2. The number of aromatic amines is 1. The quantitative estimate of drug-likeness (QED) is 0.663. The van der Waals surface area contributed by atoms with Crippen molar-refractivity contribution >= 4 is 16.0 Å². The van der Waals surface area contributed by atoms with E-state index in [1.54, 1.807) is 6.92 Å². The summed E-state index contributed by atoms with van der Waals surface area (Å²) in [6.45, 7) is 1.84. The zero-order chi connectivity index (χ0) is 15.7. The van der Waals surface area contributed by atoms with Crippen LogP contribution in [0.3, 0.4) is 0 Å². The summed E-state index contributed by atoms with van der Waals surface area (Å²) < 4.78 is 32.6. The van der Waals surface area contributed by atoms with Crippen molar-refractivity contribution in [2.24, 2.45) is 0 Å². The van der Waals surface area contributed by atoms with E-state index in [1.165, 1.54) is 6.20 Å². The fourth-order valence-corrected chi connectivity index (χ4v) is 4.61. The standard InChI is InChI=1S/C13H20N4O4S/c1-2-21-13(18)11-7-14-16-12(11)22(19,20)17-10-5-8-3-4-9(6-10)15-8/h7-10,15,17H,2-6H2,1H3,(H,14,16). The lowest BCUT2D eigenvalue weighted by Gasteiger charge is -2.29. The Kier molecular flexibility index (Phi) is 4.20. The van der Waals surface area contributed by atoms with E-state index in [4.69, 9.17) is 4.74 Å². The number of carbonyl (C=O) groups is 1.